The first-order valence-corrected chi connectivity index (χ1v) is 9.93. The van der Waals surface area contributed by atoms with Gasteiger partial charge in [-0.15, -0.1) is 0 Å². The number of aliphatic hydroxyl groups excluding tert-OH is 1. The number of carbonyl (C=O) groups is 2. The molecular formula is C21H30N2O5. The second-order valence-electron chi connectivity index (χ2n) is 8.38. The van der Waals surface area contributed by atoms with E-state index in [0.29, 0.717) is 32.7 Å². The van der Waals surface area contributed by atoms with Crippen LogP contribution in [0.3, 0.4) is 0 Å². The summed E-state index contributed by atoms with van der Waals surface area (Å²) in [6, 6.07) is 6.00. The van der Waals surface area contributed by atoms with E-state index >= 15 is 0 Å². The normalized spacial score (nSPS) is 23.8. The van der Waals surface area contributed by atoms with Gasteiger partial charge >= 0.3 is 5.97 Å². The second kappa shape index (κ2) is 8.09. The van der Waals surface area contributed by atoms with Gasteiger partial charge in [-0.1, -0.05) is 19.9 Å². The molecule has 3 atom stereocenters. The predicted octanol–water partition coefficient (Wildman–Crippen LogP) is 1.38. The van der Waals surface area contributed by atoms with E-state index in [1.54, 1.807) is 4.90 Å². The molecule has 0 saturated carbocycles. The molecule has 1 amide bonds. The van der Waals surface area contributed by atoms with E-state index in [-0.39, 0.29) is 11.8 Å². The van der Waals surface area contributed by atoms with Crippen LogP contribution in [-0.4, -0.2) is 59.3 Å². The van der Waals surface area contributed by atoms with Gasteiger partial charge in [0.15, 0.2) is 6.10 Å². The summed E-state index contributed by atoms with van der Waals surface area (Å²) in [5, 5.41) is 22.9. The van der Waals surface area contributed by atoms with Crippen molar-refractivity contribution in [2.24, 2.45) is 11.8 Å². The van der Waals surface area contributed by atoms with Crippen LogP contribution in [0.15, 0.2) is 18.2 Å². The number of carboxylic acid groups (broad SMARTS) is 1. The number of rotatable bonds is 6. The van der Waals surface area contributed by atoms with Gasteiger partial charge in [0.1, 0.15) is 5.75 Å². The highest BCUT2D eigenvalue weighted by molar-refractivity contribution is 5.86. The molecule has 0 unspecified atom stereocenters. The lowest BCUT2D eigenvalue weighted by Crippen LogP contribution is -2.61. The molecule has 2 aliphatic heterocycles. The highest BCUT2D eigenvalue weighted by Crippen LogP contribution is 2.36. The molecule has 0 radical (unpaired) electrons. The number of carboxylic acids is 1. The van der Waals surface area contributed by atoms with Crippen LogP contribution in [0.1, 0.15) is 38.3 Å². The van der Waals surface area contributed by atoms with Crippen molar-refractivity contribution < 1.29 is 24.5 Å². The molecule has 0 aliphatic carbocycles. The first-order valence-electron chi connectivity index (χ1n) is 9.93. The third kappa shape index (κ3) is 3.86. The number of nitrogens with one attached hydrogen (secondary N) is 1. The number of amides is 1. The van der Waals surface area contributed by atoms with Crippen molar-refractivity contribution in [3.05, 3.63) is 29.3 Å². The van der Waals surface area contributed by atoms with E-state index in [4.69, 9.17) is 4.74 Å². The molecule has 0 bridgehead atoms. The van der Waals surface area contributed by atoms with Crippen molar-refractivity contribution in [1.82, 2.24) is 10.2 Å². The zero-order chi connectivity index (χ0) is 20.5. The summed E-state index contributed by atoms with van der Waals surface area (Å²) in [6.07, 6.45) is -0.541. The third-order valence-electron chi connectivity index (χ3n) is 5.83. The number of ether oxygens (including phenoxy) is 1. The van der Waals surface area contributed by atoms with Crippen molar-refractivity contribution in [3.8, 4) is 5.75 Å². The van der Waals surface area contributed by atoms with Gasteiger partial charge in [0.05, 0.1) is 18.1 Å². The Kier molecular flexibility index (Phi) is 5.95. The van der Waals surface area contributed by atoms with Gasteiger partial charge in [0.2, 0.25) is 5.91 Å². The fourth-order valence-corrected chi connectivity index (χ4v) is 4.24. The van der Waals surface area contributed by atoms with Crippen LogP contribution in [0.4, 0.5) is 0 Å². The maximum absolute atomic E-state index is 13.5. The van der Waals surface area contributed by atoms with E-state index in [0.717, 1.165) is 23.3 Å². The van der Waals surface area contributed by atoms with Crippen LogP contribution in [0, 0.1) is 11.8 Å². The Balaban J connectivity index is 1.94. The number of benzene rings is 1. The summed E-state index contributed by atoms with van der Waals surface area (Å²) in [6.45, 7) is 8.16. The molecule has 1 aromatic carbocycles. The molecule has 1 aromatic rings. The van der Waals surface area contributed by atoms with Crippen LogP contribution in [0.2, 0.25) is 0 Å². The quantitative estimate of drug-likeness (QED) is 0.679. The van der Waals surface area contributed by atoms with Gasteiger partial charge in [-0.05, 0) is 42.5 Å². The Labute approximate surface area is 165 Å². The van der Waals surface area contributed by atoms with Crippen LogP contribution in [0.25, 0.3) is 0 Å². The Bertz CT molecular complexity index is 750. The summed E-state index contributed by atoms with van der Waals surface area (Å²) in [7, 11) is 0. The summed E-state index contributed by atoms with van der Waals surface area (Å²) in [4.78, 5) is 26.6. The number of fused-ring (bicyclic) bond motifs is 1. The van der Waals surface area contributed by atoms with E-state index in [1.807, 2.05) is 32.9 Å². The molecule has 28 heavy (non-hydrogen) atoms. The third-order valence-corrected chi connectivity index (χ3v) is 5.83. The van der Waals surface area contributed by atoms with Gasteiger partial charge in [-0.3, -0.25) is 4.79 Å². The van der Waals surface area contributed by atoms with Gasteiger partial charge < -0.3 is 25.2 Å². The van der Waals surface area contributed by atoms with E-state index < -0.39 is 23.5 Å². The fourth-order valence-electron chi connectivity index (χ4n) is 4.24. The molecule has 3 N–H and O–H groups in total. The number of carbonyl (C=O) groups excluding carboxylic acids is 1. The Morgan fingerprint density at radius 3 is 2.79 bits per heavy atom. The van der Waals surface area contributed by atoms with Crippen LogP contribution in [0.5, 0.6) is 5.75 Å². The van der Waals surface area contributed by atoms with Crippen LogP contribution < -0.4 is 10.1 Å². The highest BCUT2D eigenvalue weighted by atomic mass is 16.5. The number of hydrogen-bond acceptors (Lipinski definition) is 5. The number of hydrogen-bond donors (Lipinski definition) is 3. The molecule has 1 fully saturated rings. The van der Waals surface area contributed by atoms with Crippen LogP contribution >= 0.6 is 0 Å². The number of aliphatic hydroxyl groups is 1. The van der Waals surface area contributed by atoms with Crippen molar-refractivity contribution in [2.45, 2.75) is 45.3 Å². The monoisotopic (exact) mass is 390 g/mol. The maximum atomic E-state index is 13.5. The molecular weight excluding hydrogens is 360 g/mol. The molecule has 0 spiro atoms. The minimum absolute atomic E-state index is 0.0919. The first-order chi connectivity index (χ1) is 13.2. The van der Waals surface area contributed by atoms with Gasteiger partial charge in [-0.25, -0.2) is 4.79 Å². The number of nitrogens with zero attached hydrogens (tertiary/aromatic N) is 1. The smallest absolute Gasteiger partial charge is 0.333 e. The lowest BCUT2D eigenvalue weighted by atomic mass is 9.83. The lowest BCUT2D eigenvalue weighted by Gasteiger charge is -2.47. The van der Waals surface area contributed by atoms with Crippen molar-refractivity contribution >= 4 is 11.9 Å². The molecule has 7 heteroatoms. The SMILES string of the molecule is CC(C)C[C@H](C(=O)N1CCNC[C@@]1(C)c1ccc2c(c1)CCO2)[C@H](O)C(=O)O. The Hall–Kier alpha value is -2.12. The molecule has 0 aromatic heterocycles. The van der Waals surface area contributed by atoms with E-state index in [9.17, 15) is 19.8 Å². The second-order valence-corrected chi connectivity index (χ2v) is 8.38. The van der Waals surface area contributed by atoms with Crippen LogP contribution in [-0.2, 0) is 21.5 Å². The van der Waals surface area contributed by atoms with Crippen molar-refractivity contribution in [1.29, 1.82) is 0 Å². The molecule has 2 heterocycles. The summed E-state index contributed by atoms with van der Waals surface area (Å²) in [5.41, 5.74) is 1.49. The van der Waals surface area contributed by atoms with Gasteiger partial charge in [0.25, 0.3) is 0 Å². The van der Waals surface area contributed by atoms with Gasteiger partial charge in [-0.2, -0.15) is 0 Å². The first kappa shape index (κ1) is 20.6. The molecule has 7 nitrogen and oxygen atoms in total. The standard InChI is InChI=1S/C21H30N2O5/c1-13(2)10-16(18(24)20(26)27)19(25)23-8-7-22-12-21(23,3)15-4-5-17-14(11-15)6-9-28-17/h4-5,11,13,16,18,22,24H,6-10,12H2,1-3H3,(H,26,27)/t16-,18-,21-/m0/s1. The molecule has 3 rings (SSSR count). The summed E-state index contributed by atoms with van der Waals surface area (Å²) in [5.74, 6) is -1.65. The molecule has 2 aliphatic rings. The topological polar surface area (TPSA) is 99.1 Å². The average molecular weight is 390 g/mol. The van der Waals surface area contributed by atoms with Crippen molar-refractivity contribution in [3.63, 3.8) is 0 Å². The zero-order valence-electron chi connectivity index (χ0n) is 16.8. The summed E-state index contributed by atoms with van der Waals surface area (Å²) >= 11 is 0. The summed E-state index contributed by atoms with van der Waals surface area (Å²) < 4.78 is 5.59. The fraction of sp³-hybridized carbons (Fsp3) is 0.619. The highest BCUT2D eigenvalue weighted by Gasteiger charge is 2.44. The molecule has 154 valence electrons. The maximum Gasteiger partial charge on any atom is 0.333 e. The van der Waals surface area contributed by atoms with E-state index in [2.05, 4.69) is 11.4 Å². The Morgan fingerprint density at radius 1 is 1.36 bits per heavy atom. The minimum atomic E-state index is -1.71. The predicted molar refractivity (Wildman–Crippen MR) is 104 cm³/mol. The Morgan fingerprint density at radius 2 is 2.11 bits per heavy atom. The average Bonchev–Trinajstić information content (AvgIpc) is 3.13. The van der Waals surface area contributed by atoms with Gasteiger partial charge in [0, 0.05) is 26.1 Å². The molecule has 1 saturated heterocycles. The minimum Gasteiger partial charge on any atom is -0.493 e. The number of aliphatic carboxylic acids is 1. The lowest BCUT2D eigenvalue weighted by molar-refractivity contribution is -0.160. The van der Waals surface area contributed by atoms with Crippen molar-refractivity contribution in [2.75, 3.05) is 26.2 Å². The number of piperazine rings is 1. The van der Waals surface area contributed by atoms with E-state index in [1.165, 1.54) is 0 Å². The zero-order valence-corrected chi connectivity index (χ0v) is 16.8. The largest absolute Gasteiger partial charge is 0.493 e.